The van der Waals surface area contributed by atoms with Crippen LogP contribution in [0.2, 0.25) is 0 Å². The van der Waals surface area contributed by atoms with Crippen molar-refractivity contribution in [2.45, 2.75) is 19.3 Å². The van der Waals surface area contributed by atoms with Gasteiger partial charge in [0.25, 0.3) is 0 Å². The van der Waals surface area contributed by atoms with E-state index in [9.17, 15) is 13.2 Å². The van der Waals surface area contributed by atoms with Crippen molar-refractivity contribution in [1.82, 2.24) is 15.0 Å². The molecule has 194 valence electrons. The molecule has 1 aliphatic rings. The Morgan fingerprint density at radius 2 is 1.41 bits per heavy atom. The minimum Gasteiger partial charge on any atom is -0.406 e. The summed E-state index contributed by atoms with van der Waals surface area (Å²) in [4.78, 5) is 16.5. The number of halogens is 3. The monoisotopic (exact) mass is 524 g/mol. The van der Waals surface area contributed by atoms with Gasteiger partial charge >= 0.3 is 6.36 Å². The topological polar surface area (TPSA) is 51.1 Å². The van der Waals surface area contributed by atoms with Gasteiger partial charge in [-0.3, -0.25) is 4.98 Å². The minimum absolute atomic E-state index is 0.272. The predicted octanol–water partition coefficient (Wildman–Crippen LogP) is 7.33. The number of hydrogen-bond donors (Lipinski definition) is 0. The van der Waals surface area contributed by atoms with E-state index in [1.54, 1.807) is 24.5 Å². The molecule has 0 radical (unpaired) electrons. The standard InChI is InChI=1S/C31H23F3N4O/c32-31(33,34)39-27-12-10-22(11-13-27)25-16-26(19-35-18-25)28-17-29(37-30(36-28)23-7-2-1-3-8-23)38-15-14-21-6-4-5-9-24(21)20-38/h1-13,16-19H,14-15,20H2. The Labute approximate surface area is 223 Å². The van der Waals surface area contributed by atoms with Gasteiger partial charge in [0.1, 0.15) is 11.6 Å². The van der Waals surface area contributed by atoms with Crippen molar-refractivity contribution in [2.75, 3.05) is 11.4 Å². The number of ether oxygens (including phenoxy) is 1. The van der Waals surface area contributed by atoms with Gasteiger partial charge < -0.3 is 9.64 Å². The number of anilines is 1. The summed E-state index contributed by atoms with van der Waals surface area (Å²) in [5, 5.41) is 0. The van der Waals surface area contributed by atoms with Crippen molar-refractivity contribution < 1.29 is 17.9 Å². The van der Waals surface area contributed by atoms with Gasteiger partial charge in [-0.05, 0) is 41.3 Å². The number of hydrogen-bond acceptors (Lipinski definition) is 5. The van der Waals surface area contributed by atoms with Crippen LogP contribution in [0.1, 0.15) is 11.1 Å². The van der Waals surface area contributed by atoms with Crippen LogP contribution in [0.3, 0.4) is 0 Å². The third kappa shape index (κ3) is 5.60. The zero-order valence-electron chi connectivity index (χ0n) is 20.8. The fourth-order valence-corrected chi connectivity index (χ4v) is 4.74. The molecular formula is C31H23F3N4O. The lowest BCUT2D eigenvalue weighted by atomic mass is 10.00. The summed E-state index contributed by atoms with van der Waals surface area (Å²) in [6, 6.07) is 27.9. The zero-order valence-corrected chi connectivity index (χ0v) is 20.8. The normalized spacial score (nSPS) is 13.2. The van der Waals surface area contributed by atoms with Crippen molar-refractivity contribution in [3.05, 3.63) is 115 Å². The van der Waals surface area contributed by atoms with Gasteiger partial charge in [0.05, 0.1) is 5.69 Å². The molecular weight excluding hydrogens is 501 g/mol. The number of benzene rings is 3. The smallest absolute Gasteiger partial charge is 0.406 e. The minimum atomic E-state index is -4.74. The number of nitrogens with zero attached hydrogens (tertiary/aromatic N) is 4. The first-order chi connectivity index (χ1) is 18.9. The van der Waals surface area contributed by atoms with Crippen LogP contribution in [-0.2, 0) is 13.0 Å². The van der Waals surface area contributed by atoms with E-state index in [4.69, 9.17) is 9.97 Å². The molecule has 2 aromatic heterocycles. The first-order valence-corrected chi connectivity index (χ1v) is 12.5. The quantitative estimate of drug-likeness (QED) is 0.241. The van der Waals surface area contributed by atoms with Gasteiger partial charge in [0.2, 0.25) is 0 Å². The molecule has 0 atom stereocenters. The molecule has 0 unspecified atom stereocenters. The highest BCUT2D eigenvalue weighted by atomic mass is 19.4. The Morgan fingerprint density at radius 3 is 2.18 bits per heavy atom. The molecule has 3 aromatic carbocycles. The summed E-state index contributed by atoms with van der Waals surface area (Å²) in [5.74, 6) is 1.17. The van der Waals surface area contributed by atoms with Gasteiger partial charge in [-0.15, -0.1) is 13.2 Å². The van der Waals surface area contributed by atoms with Crippen LogP contribution in [0.5, 0.6) is 5.75 Å². The van der Waals surface area contributed by atoms with E-state index in [1.807, 2.05) is 42.5 Å². The molecule has 5 nitrogen and oxygen atoms in total. The molecule has 5 aromatic rings. The van der Waals surface area contributed by atoms with E-state index in [2.05, 4.69) is 38.9 Å². The average Bonchev–Trinajstić information content (AvgIpc) is 2.97. The number of alkyl halides is 3. The molecule has 39 heavy (non-hydrogen) atoms. The SMILES string of the molecule is FC(F)(F)Oc1ccc(-c2cncc(-c3cc(N4CCc5ccccc5C4)nc(-c4ccccc4)n3)c2)cc1. The first kappa shape index (κ1) is 24.6. The van der Waals surface area contributed by atoms with E-state index in [0.717, 1.165) is 42.0 Å². The molecule has 0 saturated heterocycles. The molecule has 0 bridgehead atoms. The number of fused-ring (bicyclic) bond motifs is 1. The van der Waals surface area contributed by atoms with Crippen molar-refractivity contribution in [3.63, 3.8) is 0 Å². The molecule has 0 aliphatic carbocycles. The molecule has 0 N–H and O–H groups in total. The maximum absolute atomic E-state index is 12.6. The lowest BCUT2D eigenvalue weighted by Gasteiger charge is -2.30. The highest BCUT2D eigenvalue weighted by Gasteiger charge is 2.31. The van der Waals surface area contributed by atoms with Crippen LogP contribution >= 0.6 is 0 Å². The second-order valence-corrected chi connectivity index (χ2v) is 9.28. The Morgan fingerprint density at radius 1 is 0.692 bits per heavy atom. The molecule has 0 saturated carbocycles. The summed E-state index contributed by atoms with van der Waals surface area (Å²) in [5.41, 5.74) is 6.50. The maximum atomic E-state index is 12.6. The average molecular weight is 525 g/mol. The summed E-state index contributed by atoms with van der Waals surface area (Å²) in [7, 11) is 0. The second-order valence-electron chi connectivity index (χ2n) is 9.28. The van der Waals surface area contributed by atoms with Gasteiger partial charge in [-0.25, -0.2) is 9.97 Å². The van der Waals surface area contributed by atoms with E-state index in [1.165, 1.54) is 23.3 Å². The molecule has 8 heteroatoms. The van der Waals surface area contributed by atoms with E-state index in [-0.39, 0.29) is 5.75 Å². The maximum Gasteiger partial charge on any atom is 0.573 e. The molecule has 0 amide bonds. The fourth-order valence-electron chi connectivity index (χ4n) is 4.74. The van der Waals surface area contributed by atoms with Crippen molar-refractivity contribution >= 4 is 5.82 Å². The van der Waals surface area contributed by atoms with E-state index < -0.39 is 6.36 Å². The predicted molar refractivity (Wildman–Crippen MR) is 144 cm³/mol. The Balaban J connectivity index is 1.37. The Hall–Kier alpha value is -4.72. The van der Waals surface area contributed by atoms with Gasteiger partial charge in [0.15, 0.2) is 5.82 Å². The molecule has 3 heterocycles. The largest absolute Gasteiger partial charge is 0.573 e. The molecule has 0 spiro atoms. The van der Waals surface area contributed by atoms with Gasteiger partial charge in [0, 0.05) is 48.2 Å². The van der Waals surface area contributed by atoms with Gasteiger partial charge in [-0.2, -0.15) is 0 Å². The summed E-state index contributed by atoms with van der Waals surface area (Å²) in [6.07, 6.45) is -0.399. The molecule has 0 fully saturated rings. The number of pyridine rings is 1. The number of aromatic nitrogens is 3. The molecule has 6 rings (SSSR count). The fraction of sp³-hybridized carbons (Fsp3) is 0.129. The summed E-state index contributed by atoms with van der Waals surface area (Å²) in [6.45, 7) is 1.60. The zero-order chi connectivity index (χ0) is 26.8. The van der Waals surface area contributed by atoms with Crippen molar-refractivity contribution in [1.29, 1.82) is 0 Å². The van der Waals surface area contributed by atoms with Crippen LogP contribution in [0, 0.1) is 0 Å². The van der Waals surface area contributed by atoms with Gasteiger partial charge in [-0.1, -0.05) is 66.7 Å². The Kier molecular flexibility index (Phi) is 6.44. The summed E-state index contributed by atoms with van der Waals surface area (Å²) >= 11 is 0. The lowest BCUT2D eigenvalue weighted by Crippen LogP contribution is -2.31. The lowest BCUT2D eigenvalue weighted by molar-refractivity contribution is -0.274. The highest BCUT2D eigenvalue weighted by Crippen LogP contribution is 2.32. The third-order valence-corrected chi connectivity index (χ3v) is 6.65. The van der Waals surface area contributed by atoms with Crippen molar-refractivity contribution in [2.24, 2.45) is 0 Å². The van der Waals surface area contributed by atoms with Crippen LogP contribution in [0.25, 0.3) is 33.8 Å². The van der Waals surface area contributed by atoms with Crippen LogP contribution < -0.4 is 9.64 Å². The van der Waals surface area contributed by atoms with Crippen LogP contribution in [0.15, 0.2) is 103 Å². The van der Waals surface area contributed by atoms with Crippen LogP contribution in [-0.4, -0.2) is 27.9 Å². The second kappa shape index (κ2) is 10.2. The van der Waals surface area contributed by atoms with E-state index >= 15 is 0 Å². The van der Waals surface area contributed by atoms with E-state index in [0.29, 0.717) is 17.1 Å². The third-order valence-electron chi connectivity index (χ3n) is 6.65. The van der Waals surface area contributed by atoms with Crippen LogP contribution in [0.4, 0.5) is 19.0 Å². The Bertz CT molecular complexity index is 1610. The molecule has 1 aliphatic heterocycles. The first-order valence-electron chi connectivity index (χ1n) is 12.5. The summed E-state index contributed by atoms with van der Waals surface area (Å²) < 4.78 is 41.7. The van der Waals surface area contributed by atoms with Crippen molar-refractivity contribution in [3.8, 4) is 39.5 Å². The number of rotatable bonds is 5. The highest BCUT2D eigenvalue weighted by molar-refractivity contribution is 5.73.